The van der Waals surface area contributed by atoms with Crippen molar-refractivity contribution in [3.63, 3.8) is 0 Å². The monoisotopic (exact) mass is 534 g/mol. The molecule has 2 aliphatic rings. The third-order valence-electron chi connectivity index (χ3n) is 6.53. The van der Waals surface area contributed by atoms with E-state index in [0.717, 1.165) is 34.1 Å². The summed E-state index contributed by atoms with van der Waals surface area (Å²) >= 11 is 0. The molecule has 0 bridgehead atoms. The lowest BCUT2D eigenvalue weighted by Crippen LogP contribution is -2.56. The molecule has 0 saturated carbocycles. The number of rotatable bonds is 5. The van der Waals surface area contributed by atoms with Crippen LogP contribution in [0.4, 0.5) is 43.5 Å². The Labute approximate surface area is 212 Å². The van der Waals surface area contributed by atoms with Gasteiger partial charge in [-0.2, -0.15) is 4.39 Å². The molecule has 1 fully saturated rings. The summed E-state index contributed by atoms with van der Waals surface area (Å²) in [6.07, 6.45) is -2.69. The zero-order valence-electron chi connectivity index (χ0n) is 19.8. The Morgan fingerprint density at radius 3 is 2.42 bits per heavy atom. The number of nitrogens with one attached hydrogen (secondary N) is 1. The third-order valence-corrected chi connectivity index (χ3v) is 6.53. The smallest absolute Gasteiger partial charge is 0.282 e. The maximum Gasteiger partial charge on any atom is 0.282 e. The van der Waals surface area contributed by atoms with E-state index in [0.29, 0.717) is 0 Å². The van der Waals surface area contributed by atoms with Crippen LogP contribution in [0.25, 0.3) is 11.1 Å². The highest BCUT2D eigenvalue weighted by atomic mass is 19.3. The van der Waals surface area contributed by atoms with Gasteiger partial charge in [0.1, 0.15) is 18.2 Å². The van der Waals surface area contributed by atoms with Gasteiger partial charge in [-0.15, -0.1) is 0 Å². The largest absolute Gasteiger partial charge is 0.344 e. The molecular weight excluding hydrogens is 514 g/mol. The molecule has 1 aromatic heterocycles. The predicted octanol–water partition coefficient (Wildman–Crippen LogP) is 5.51. The summed E-state index contributed by atoms with van der Waals surface area (Å²) < 4.78 is 82.2. The summed E-state index contributed by atoms with van der Waals surface area (Å²) in [5.41, 5.74) is 0.0232. The van der Waals surface area contributed by atoms with E-state index < -0.39 is 61.5 Å². The van der Waals surface area contributed by atoms with Gasteiger partial charge in [0.05, 0.1) is 30.3 Å². The Morgan fingerprint density at radius 2 is 1.79 bits per heavy atom. The van der Waals surface area contributed by atoms with E-state index in [-0.39, 0.29) is 39.4 Å². The fourth-order valence-electron chi connectivity index (χ4n) is 4.61. The van der Waals surface area contributed by atoms with Gasteiger partial charge in [-0.1, -0.05) is 18.2 Å². The van der Waals surface area contributed by atoms with E-state index in [2.05, 4.69) is 10.3 Å². The molecule has 2 aliphatic heterocycles. The topological polar surface area (TPSA) is 65.5 Å². The Kier molecular flexibility index (Phi) is 6.28. The number of amides is 2. The Balaban J connectivity index is 1.54. The van der Waals surface area contributed by atoms with Gasteiger partial charge in [-0.05, 0) is 42.3 Å². The van der Waals surface area contributed by atoms with Crippen LogP contribution in [-0.4, -0.2) is 42.4 Å². The number of carbonyl (C=O) groups excluding carboxylic acids is 2. The number of hydrogen-bond acceptors (Lipinski definition) is 4. The summed E-state index contributed by atoms with van der Waals surface area (Å²) in [5.74, 6) is -7.24. The molecule has 0 radical (unpaired) electrons. The lowest BCUT2D eigenvalue weighted by molar-refractivity contribution is -0.122. The Bertz CT molecular complexity index is 1420. The Morgan fingerprint density at radius 1 is 1.11 bits per heavy atom. The minimum atomic E-state index is -2.97. The molecule has 198 valence electrons. The number of hydrogen-bond donors (Lipinski definition) is 1. The lowest BCUT2D eigenvalue weighted by atomic mass is 9.92. The van der Waals surface area contributed by atoms with Gasteiger partial charge in [-0.3, -0.25) is 9.59 Å². The molecular formula is C26H20F6N4O2. The molecule has 3 aromatic rings. The van der Waals surface area contributed by atoms with Crippen LogP contribution < -0.4 is 15.1 Å². The van der Waals surface area contributed by atoms with Crippen molar-refractivity contribution >= 4 is 29.0 Å². The number of pyridine rings is 1. The van der Waals surface area contributed by atoms with Crippen molar-refractivity contribution in [2.75, 3.05) is 34.8 Å². The zero-order valence-corrected chi connectivity index (χ0v) is 19.8. The molecule has 1 N–H and O–H groups in total. The lowest BCUT2D eigenvalue weighted by Gasteiger charge is -2.40. The maximum atomic E-state index is 15.5. The highest BCUT2D eigenvalue weighted by Gasteiger charge is 2.45. The molecule has 1 atom stereocenters. The number of alkyl halides is 4. The number of halogens is 6. The molecule has 6 nitrogen and oxygen atoms in total. The fraction of sp³-hybridized carbons (Fsp3) is 0.269. The highest BCUT2D eigenvalue weighted by Crippen LogP contribution is 2.44. The van der Waals surface area contributed by atoms with Crippen LogP contribution in [-0.2, 0) is 9.59 Å². The highest BCUT2D eigenvalue weighted by molar-refractivity contribution is 6.09. The summed E-state index contributed by atoms with van der Waals surface area (Å²) in [7, 11) is 0. The second-order valence-corrected chi connectivity index (χ2v) is 9.23. The van der Waals surface area contributed by atoms with Crippen LogP contribution in [0.1, 0.15) is 30.4 Å². The second-order valence-electron chi connectivity index (χ2n) is 9.23. The molecule has 2 amide bonds. The van der Waals surface area contributed by atoms with Gasteiger partial charge in [0.2, 0.25) is 17.8 Å². The van der Waals surface area contributed by atoms with Crippen molar-refractivity contribution in [1.29, 1.82) is 0 Å². The molecule has 2 aromatic carbocycles. The molecule has 0 aliphatic carbocycles. The molecule has 0 spiro atoms. The van der Waals surface area contributed by atoms with Crippen LogP contribution in [0.5, 0.6) is 0 Å². The average Bonchev–Trinajstić information content (AvgIpc) is 2.92. The van der Waals surface area contributed by atoms with Crippen LogP contribution in [0.3, 0.4) is 0 Å². The van der Waals surface area contributed by atoms with Gasteiger partial charge < -0.3 is 15.1 Å². The normalized spacial score (nSPS) is 18.0. The first-order valence-electron chi connectivity index (χ1n) is 11.6. The quantitative estimate of drug-likeness (QED) is 0.347. The van der Waals surface area contributed by atoms with Crippen LogP contribution in [0.15, 0.2) is 48.5 Å². The first-order valence-corrected chi connectivity index (χ1v) is 11.6. The summed E-state index contributed by atoms with van der Waals surface area (Å²) in [4.78, 5) is 32.4. The van der Waals surface area contributed by atoms with Crippen molar-refractivity contribution in [2.45, 2.75) is 25.2 Å². The van der Waals surface area contributed by atoms with Crippen molar-refractivity contribution in [3.8, 4) is 11.1 Å². The van der Waals surface area contributed by atoms with E-state index in [1.54, 1.807) is 0 Å². The van der Waals surface area contributed by atoms with Crippen LogP contribution in [0.2, 0.25) is 0 Å². The third kappa shape index (κ3) is 4.66. The van der Waals surface area contributed by atoms with Gasteiger partial charge in [0.25, 0.3) is 12.3 Å². The fourth-order valence-corrected chi connectivity index (χ4v) is 4.61. The maximum absolute atomic E-state index is 15.5. The standard InChI is InChI=1S/C26H20F6N4O2/c1-13-18-8-15(27)4-7-17(18)22-19(9-20(34-24(22)30)35-11-26(31,32)12-35)36(25(13)38)10-21(37)33-16-5-2-14(3-6-16)23(28)29/h2-9,13,23H,10-12H2,1H3,(H,33,37)/t13-/m1/s1. The van der Waals surface area contributed by atoms with E-state index in [1.807, 2.05) is 0 Å². The number of carbonyl (C=O) groups is 2. The summed E-state index contributed by atoms with van der Waals surface area (Å²) in [5, 5.41) is 2.50. The Hall–Kier alpha value is -4.09. The number of aromatic nitrogens is 1. The molecule has 1 saturated heterocycles. The van der Waals surface area contributed by atoms with Gasteiger partial charge in [-0.25, -0.2) is 26.9 Å². The number of fused-ring (bicyclic) bond motifs is 3. The van der Waals surface area contributed by atoms with Gasteiger partial charge in [0.15, 0.2) is 0 Å². The van der Waals surface area contributed by atoms with E-state index >= 15 is 4.39 Å². The molecule has 3 heterocycles. The van der Waals surface area contributed by atoms with Crippen molar-refractivity contribution < 1.29 is 35.9 Å². The van der Waals surface area contributed by atoms with Crippen molar-refractivity contribution in [3.05, 3.63) is 71.4 Å². The number of nitrogens with zero attached hydrogens (tertiary/aromatic N) is 3. The van der Waals surface area contributed by atoms with E-state index in [9.17, 15) is 31.5 Å². The van der Waals surface area contributed by atoms with E-state index in [1.165, 1.54) is 31.2 Å². The van der Waals surface area contributed by atoms with E-state index in [4.69, 9.17) is 0 Å². The minimum Gasteiger partial charge on any atom is -0.344 e. The first-order chi connectivity index (χ1) is 17.9. The van der Waals surface area contributed by atoms with Crippen LogP contribution in [0, 0.1) is 11.8 Å². The SMILES string of the molecule is C[C@H]1C(=O)N(CC(=O)Nc2ccc(C(F)F)cc2)c2cc(N3CC(F)(F)C3)nc(F)c2-c2ccc(F)cc21. The molecule has 5 rings (SSSR count). The summed E-state index contributed by atoms with van der Waals surface area (Å²) in [6, 6.07) is 9.54. The van der Waals surface area contributed by atoms with Crippen LogP contribution >= 0.6 is 0 Å². The first kappa shape index (κ1) is 25.6. The zero-order chi connectivity index (χ0) is 27.4. The number of anilines is 3. The molecule has 0 unspecified atom stereocenters. The molecule has 12 heteroatoms. The van der Waals surface area contributed by atoms with Crippen molar-refractivity contribution in [1.82, 2.24) is 4.98 Å². The summed E-state index contributed by atoms with van der Waals surface area (Å²) in [6.45, 7) is -0.538. The second kappa shape index (κ2) is 9.34. The number of benzene rings is 2. The van der Waals surface area contributed by atoms with Crippen molar-refractivity contribution in [2.24, 2.45) is 0 Å². The van der Waals surface area contributed by atoms with Gasteiger partial charge >= 0.3 is 0 Å². The minimum absolute atomic E-state index is 0.0897. The predicted molar refractivity (Wildman–Crippen MR) is 128 cm³/mol. The average molecular weight is 534 g/mol. The molecule has 38 heavy (non-hydrogen) atoms. The van der Waals surface area contributed by atoms with Gasteiger partial charge in [0, 0.05) is 17.3 Å².